The van der Waals surface area contributed by atoms with E-state index in [1.165, 1.54) is 11.8 Å². The Labute approximate surface area is 137 Å². The SMILES string of the molecule is C[C@@H](Sc1nnc(-c2ccccc2N)c(=O)[nH]1)C(=O)NC1CC1. The summed E-state index contributed by atoms with van der Waals surface area (Å²) in [5.74, 6) is -0.0588. The van der Waals surface area contributed by atoms with Gasteiger partial charge in [0.15, 0.2) is 10.9 Å². The van der Waals surface area contributed by atoms with Gasteiger partial charge in [0.2, 0.25) is 5.91 Å². The van der Waals surface area contributed by atoms with E-state index in [1.807, 2.05) is 0 Å². The lowest BCUT2D eigenvalue weighted by atomic mass is 10.1. The number of thioether (sulfide) groups is 1. The fraction of sp³-hybridized carbons (Fsp3) is 0.333. The van der Waals surface area contributed by atoms with Crippen molar-refractivity contribution in [2.24, 2.45) is 0 Å². The zero-order valence-corrected chi connectivity index (χ0v) is 13.4. The Morgan fingerprint density at radius 2 is 2.13 bits per heavy atom. The quantitative estimate of drug-likeness (QED) is 0.560. The molecule has 1 aromatic carbocycles. The van der Waals surface area contributed by atoms with Gasteiger partial charge < -0.3 is 11.1 Å². The van der Waals surface area contributed by atoms with E-state index in [-0.39, 0.29) is 22.4 Å². The summed E-state index contributed by atoms with van der Waals surface area (Å²) in [7, 11) is 0. The predicted octanol–water partition coefficient (Wildman–Crippen LogP) is 1.17. The molecule has 0 aliphatic heterocycles. The van der Waals surface area contributed by atoms with Crippen LogP contribution >= 0.6 is 11.8 Å². The summed E-state index contributed by atoms with van der Waals surface area (Å²) in [4.78, 5) is 26.8. The molecule has 120 valence electrons. The molecule has 8 heteroatoms. The molecule has 1 amide bonds. The minimum Gasteiger partial charge on any atom is -0.398 e. The van der Waals surface area contributed by atoms with Crippen LogP contribution in [-0.2, 0) is 4.79 Å². The molecule has 1 aliphatic carbocycles. The molecular weight excluding hydrogens is 314 g/mol. The maximum Gasteiger partial charge on any atom is 0.278 e. The van der Waals surface area contributed by atoms with Crippen molar-refractivity contribution >= 4 is 23.4 Å². The second-order valence-electron chi connectivity index (χ2n) is 5.44. The third-order valence-corrected chi connectivity index (χ3v) is 4.45. The Kier molecular flexibility index (Phi) is 4.33. The summed E-state index contributed by atoms with van der Waals surface area (Å²) < 4.78 is 0. The van der Waals surface area contributed by atoms with E-state index >= 15 is 0 Å². The highest BCUT2D eigenvalue weighted by atomic mass is 32.2. The summed E-state index contributed by atoms with van der Waals surface area (Å²) in [6.45, 7) is 1.77. The minimum atomic E-state index is -0.379. The van der Waals surface area contributed by atoms with E-state index in [9.17, 15) is 9.59 Å². The van der Waals surface area contributed by atoms with E-state index in [2.05, 4.69) is 20.5 Å². The lowest BCUT2D eigenvalue weighted by molar-refractivity contribution is -0.120. The fourth-order valence-electron chi connectivity index (χ4n) is 2.03. The molecule has 2 aromatic rings. The highest BCUT2D eigenvalue weighted by Crippen LogP contribution is 2.23. The Balaban J connectivity index is 1.75. The molecule has 1 atom stereocenters. The fourth-order valence-corrected chi connectivity index (χ4v) is 2.78. The number of rotatable bonds is 5. The Morgan fingerprint density at radius 3 is 2.78 bits per heavy atom. The largest absolute Gasteiger partial charge is 0.398 e. The normalized spacial score (nSPS) is 15.2. The molecule has 7 nitrogen and oxygen atoms in total. The third kappa shape index (κ3) is 3.70. The monoisotopic (exact) mass is 331 g/mol. The lowest BCUT2D eigenvalue weighted by Crippen LogP contribution is -2.32. The molecule has 0 saturated heterocycles. The van der Waals surface area contributed by atoms with Crippen LogP contribution in [-0.4, -0.2) is 32.4 Å². The minimum absolute atomic E-state index is 0.0588. The van der Waals surface area contributed by atoms with Crippen LogP contribution in [0.3, 0.4) is 0 Å². The maximum atomic E-state index is 12.2. The van der Waals surface area contributed by atoms with Gasteiger partial charge in [-0.1, -0.05) is 30.0 Å². The Morgan fingerprint density at radius 1 is 1.39 bits per heavy atom. The number of anilines is 1. The molecule has 1 fully saturated rings. The van der Waals surface area contributed by atoms with Crippen molar-refractivity contribution in [3.8, 4) is 11.3 Å². The van der Waals surface area contributed by atoms with Crippen molar-refractivity contribution in [2.75, 3.05) is 5.73 Å². The molecule has 3 rings (SSSR count). The van der Waals surface area contributed by atoms with Crippen molar-refractivity contribution in [2.45, 2.75) is 36.2 Å². The van der Waals surface area contributed by atoms with Crippen molar-refractivity contribution in [1.82, 2.24) is 20.5 Å². The topological polar surface area (TPSA) is 114 Å². The highest BCUT2D eigenvalue weighted by molar-refractivity contribution is 8.00. The number of benzene rings is 1. The number of H-pyrrole nitrogens is 1. The third-order valence-electron chi connectivity index (χ3n) is 3.47. The van der Waals surface area contributed by atoms with Gasteiger partial charge in [0.25, 0.3) is 5.56 Å². The number of nitrogen functional groups attached to an aromatic ring is 1. The van der Waals surface area contributed by atoms with Gasteiger partial charge in [-0.15, -0.1) is 10.2 Å². The van der Waals surface area contributed by atoms with Gasteiger partial charge in [-0.2, -0.15) is 0 Å². The number of amides is 1. The zero-order valence-electron chi connectivity index (χ0n) is 12.6. The maximum absolute atomic E-state index is 12.2. The van der Waals surface area contributed by atoms with Crippen LogP contribution in [0.2, 0.25) is 0 Å². The molecule has 1 heterocycles. The van der Waals surface area contributed by atoms with Crippen LogP contribution in [0.4, 0.5) is 5.69 Å². The van der Waals surface area contributed by atoms with Gasteiger partial charge in [-0.3, -0.25) is 14.6 Å². The average molecular weight is 331 g/mol. The van der Waals surface area contributed by atoms with Crippen LogP contribution in [0.15, 0.2) is 34.2 Å². The summed E-state index contributed by atoms with van der Waals surface area (Å²) in [6.07, 6.45) is 2.07. The van der Waals surface area contributed by atoms with Gasteiger partial charge in [0.05, 0.1) is 5.25 Å². The summed E-state index contributed by atoms with van der Waals surface area (Å²) in [5, 5.41) is 10.8. The van der Waals surface area contributed by atoms with Gasteiger partial charge in [0, 0.05) is 17.3 Å². The molecule has 1 saturated carbocycles. The molecular formula is C15H17N5O2S. The summed E-state index contributed by atoms with van der Waals surface area (Å²) in [6, 6.07) is 7.28. The van der Waals surface area contributed by atoms with Crippen LogP contribution in [0, 0.1) is 0 Å². The standard InChI is InChI=1S/C15H17N5O2S/c1-8(13(21)17-9-6-7-9)23-15-18-14(22)12(19-20-15)10-4-2-3-5-11(10)16/h2-5,8-9H,6-7,16H2,1H3,(H,17,21)(H,18,20,22)/t8-/m1/s1. The van der Waals surface area contributed by atoms with Crippen molar-refractivity contribution < 1.29 is 4.79 Å². The number of hydrogen-bond donors (Lipinski definition) is 3. The van der Waals surface area contributed by atoms with Gasteiger partial charge in [-0.25, -0.2) is 0 Å². The lowest BCUT2D eigenvalue weighted by Gasteiger charge is -2.10. The first kappa shape index (κ1) is 15.5. The summed E-state index contributed by atoms with van der Waals surface area (Å²) in [5.41, 5.74) is 6.65. The molecule has 1 aliphatic rings. The Hall–Kier alpha value is -2.35. The highest BCUT2D eigenvalue weighted by Gasteiger charge is 2.26. The van der Waals surface area contributed by atoms with Gasteiger partial charge in [-0.05, 0) is 25.8 Å². The summed E-state index contributed by atoms with van der Waals surface area (Å²) >= 11 is 1.17. The van der Waals surface area contributed by atoms with E-state index in [1.54, 1.807) is 31.2 Å². The number of nitrogens with one attached hydrogen (secondary N) is 2. The molecule has 0 radical (unpaired) electrons. The first-order chi connectivity index (χ1) is 11.0. The molecule has 4 N–H and O–H groups in total. The number of hydrogen-bond acceptors (Lipinski definition) is 6. The first-order valence-electron chi connectivity index (χ1n) is 7.33. The van der Waals surface area contributed by atoms with Crippen molar-refractivity contribution in [3.05, 3.63) is 34.6 Å². The second-order valence-corrected chi connectivity index (χ2v) is 6.77. The van der Waals surface area contributed by atoms with E-state index in [0.29, 0.717) is 22.4 Å². The van der Waals surface area contributed by atoms with Crippen molar-refractivity contribution in [3.63, 3.8) is 0 Å². The van der Waals surface area contributed by atoms with E-state index in [0.717, 1.165) is 12.8 Å². The zero-order chi connectivity index (χ0) is 16.4. The van der Waals surface area contributed by atoms with Crippen molar-refractivity contribution in [1.29, 1.82) is 0 Å². The van der Waals surface area contributed by atoms with E-state index < -0.39 is 0 Å². The first-order valence-corrected chi connectivity index (χ1v) is 8.21. The van der Waals surface area contributed by atoms with Gasteiger partial charge >= 0.3 is 0 Å². The smallest absolute Gasteiger partial charge is 0.278 e. The number of carbonyl (C=O) groups excluding carboxylic acids is 1. The number of aromatic nitrogens is 3. The van der Waals surface area contributed by atoms with E-state index in [4.69, 9.17) is 5.73 Å². The number of aromatic amines is 1. The number of nitrogens with two attached hydrogens (primary N) is 1. The van der Waals surface area contributed by atoms with Crippen LogP contribution < -0.4 is 16.6 Å². The predicted molar refractivity (Wildman–Crippen MR) is 89.0 cm³/mol. The van der Waals surface area contributed by atoms with Crippen LogP contribution in [0.1, 0.15) is 19.8 Å². The number of carbonyl (C=O) groups is 1. The number of nitrogens with zero attached hydrogens (tertiary/aromatic N) is 2. The van der Waals surface area contributed by atoms with Gasteiger partial charge in [0.1, 0.15) is 0 Å². The number of para-hydroxylation sites is 1. The average Bonchev–Trinajstić information content (AvgIpc) is 3.32. The van der Waals surface area contributed by atoms with Crippen LogP contribution in [0.25, 0.3) is 11.3 Å². The molecule has 0 spiro atoms. The second kappa shape index (κ2) is 6.41. The molecule has 23 heavy (non-hydrogen) atoms. The molecule has 1 aromatic heterocycles. The Bertz CT molecular complexity index is 787. The molecule has 0 bridgehead atoms. The van der Waals surface area contributed by atoms with Crippen LogP contribution in [0.5, 0.6) is 0 Å². The molecule has 0 unspecified atom stereocenters.